The number of rotatable bonds is 10. The van der Waals surface area contributed by atoms with E-state index < -0.39 is 41.8 Å². The number of amides is 3. The van der Waals surface area contributed by atoms with Gasteiger partial charge >= 0.3 is 5.97 Å². The second kappa shape index (κ2) is 10.1. The number of carboxylic acids is 1. The molecule has 23 heavy (non-hydrogen) atoms. The Morgan fingerprint density at radius 3 is 2.00 bits per heavy atom. The molecule has 0 unspecified atom stereocenters. The fourth-order valence-corrected chi connectivity index (χ4v) is 1.83. The van der Waals surface area contributed by atoms with Crippen molar-refractivity contribution in [3.63, 3.8) is 0 Å². The normalized spacial score (nSPS) is 14.7. The number of nitrogens with two attached hydrogens (primary N) is 2. The van der Waals surface area contributed by atoms with Crippen LogP contribution in [0.5, 0.6) is 0 Å². The van der Waals surface area contributed by atoms with Gasteiger partial charge in [-0.1, -0.05) is 13.8 Å². The van der Waals surface area contributed by atoms with Gasteiger partial charge in [-0.05, 0) is 12.3 Å². The van der Waals surface area contributed by atoms with Gasteiger partial charge in [-0.2, -0.15) is 12.6 Å². The number of carboxylic acid groups (broad SMARTS) is 1. The molecule has 0 heterocycles. The summed E-state index contributed by atoms with van der Waals surface area (Å²) in [6, 6.07) is -3.15. The SMILES string of the molecule is CC(C)[C@H](N)C(=O)N[C@@H](CCC(N)=O)C(=O)N[C@@H](CS)C(=O)O. The predicted octanol–water partition coefficient (Wildman–Crippen LogP) is -1.78. The zero-order valence-corrected chi connectivity index (χ0v) is 14.0. The molecule has 0 radical (unpaired) electrons. The van der Waals surface area contributed by atoms with Crippen LogP contribution in [0.25, 0.3) is 0 Å². The van der Waals surface area contributed by atoms with Crippen LogP contribution in [-0.2, 0) is 19.2 Å². The summed E-state index contributed by atoms with van der Waals surface area (Å²) in [4.78, 5) is 45.9. The Labute approximate surface area is 139 Å². The van der Waals surface area contributed by atoms with Gasteiger partial charge < -0.3 is 27.2 Å². The largest absolute Gasteiger partial charge is 0.480 e. The number of hydrogen-bond acceptors (Lipinski definition) is 6. The van der Waals surface area contributed by atoms with Gasteiger partial charge in [-0.25, -0.2) is 4.79 Å². The molecule has 0 aromatic heterocycles. The highest BCUT2D eigenvalue weighted by molar-refractivity contribution is 7.80. The lowest BCUT2D eigenvalue weighted by atomic mass is 10.0. The molecule has 10 heteroatoms. The quantitative estimate of drug-likeness (QED) is 0.255. The lowest BCUT2D eigenvalue weighted by Crippen LogP contribution is -2.55. The highest BCUT2D eigenvalue weighted by Gasteiger charge is 2.28. The number of carbonyl (C=O) groups excluding carboxylic acids is 3. The zero-order valence-electron chi connectivity index (χ0n) is 13.1. The van der Waals surface area contributed by atoms with Gasteiger partial charge in [0.15, 0.2) is 0 Å². The summed E-state index contributed by atoms with van der Waals surface area (Å²) >= 11 is 3.84. The minimum Gasteiger partial charge on any atom is -0.480 e. The van der Waals surface area contributed by atoms with E-state index in [1.165, 1.54) is 0 Å². The van der Waals surface area contributed by atoms with Crippen LogP contribution in [0, 0.1) is 5.92 Å². The lowest BCUT2D eigenvalue weighted by Gasteiger charge is -2.23. The summed E-state index contributed by atoms with van der Waals surface area (Å²) in [6.45, 7) is 3.48. The maximum Gasteiger partial charge on any atom is 0.327 e. The fourth-order valence-electron chi connectivity index (χ4n) is 1.58. The van der Waals surface area contributed by atoms with Crippen LogP contribution in [0.4, 0.5) is 0 Å². The third kappa shape index (κ3) is 7.84. The van der Waals surface area contributed by atoms with E-state index in [4.69, 9.17) is 16.6 Å². The minimum atomic E-state index is -1.26. The van der Waals surface area contributed by atoms with Gasteiger partial charge in [0.25, 0.3) is 0 Å². The molecule has 0 aliphatic rings. The van der Waals surface area contributed by atoms with Crippen molar-refractivity contribution >= 4 is 36.3 Å². The van der Waals surface area contributed by atoms with Gasteiger partial charge in [0.2, 0.25) is 17.7 Å². The Bertz CT molecular complexity index is 458. The van der Waals surface area contributed by atoms with Crippen LogP contribution >= 0.6 is 12.6 Å². The minimum absolute atomic E-state index is 0.0589. The third-order valence-electron chi connectivity index (χ3n) is 3.13. The number of aliphatic carboxylic acids is 1. The summed E-state index contributed by atoms with van der Waals surface area (Å²) in [5.74, 6) is -3.48. The monoisotopic (exact) mass is 348 g/mol. The van der Waals surface area contributed by atoms with Crippen molar-refractivity contribution in [2.24, 2.45) is 17.4 Å². The van der Waals surface area contributed by atoms with Crippen molar-refractivity contribution in [1.82, 2.24) is 10.6 Å². The first kappa shape index (κ1) is 21.2. The molecule has 3 amide bonds. The Morgan fingerprint density at radius 2 is 1.61 bits per heavy atom. The zero-order chi connectivity index (χ0) is 18.2. The van der Waals surface area contributed by atoms with Crippen molar-refractivity contribution in [2.75, 3.05) is 5.75 Å². The Balaban J connectivity index is 4.98. The average molecular weight is 348 g/mol. The summed E-state index contributed by atoms with van der Waals surface area (Å²) in [7, 11) is 0. The van der Waals surface area contributed by atoms with E-state index in [1.54, 1.807) is 13.8 Å². The molecule has 3 atom stereocenters. The Kier molecular flexibility index (Phi) is 9.27. The molecular weight excluding hydrogens is 324 g/mol. The summed E-state index contributed by atoms with van der Waals surface area (Å²) in [5.41, 5.74) is 10.7. The number of nitrogens with one attached hydrogen (secondary N) is 2. The summed E-state index contributed by atoms with van der Waals surface area (Å²) in [5, 5.41) is 13.6. The Morgan fingerprint density at radius 1 is 1.09 bits per heavy atom. The molecule has 0 aliphatic heterocycles. The highest BCUT2D eigenvalue weighted by Crippen LogP contribution is 2.03. The topological polar surface area (TPSA) is 165 Å². The van der Waals surface area contributed by atoms with E-state index in [9.17, 15) is 19.2 Å². The molecule has 0 aliphatic carbocycles. The lowest BCUT2D eigenvalue weighted by molar-refractivity contribution is -0.141. The van der Waals surface area contributed by atoms with Gasteiger partial charge in [0, 0.05) is 12.2 Å². The molecule has 7 N–H and O–H groups in total. The van der Waals surface area contributed by atoms with E-state index >= 15 is 0 Å². The van der Waals surface area contributed by atoms with E-state index in [1.807, 2.05) is 0 Å². The molecule has 0 aromatic carbocycles. The first-order chi connectivity index (χ1) is 10.6. The fraction of sp³-hybridized carbons (Fsp3) is 0.692. The van der Waals surface area contributed by atoms with Crippen LogP contribution < -0.4 is 22.1 Å². The first-order valence-corrected chi connectivity index (χ1v) is 7.71. The van der Waals surface area contributed by atoms with E-state index in [2.05, 4.69) is 23.3 Å². The molecular formula is C13H24N4O5S. The van der Waals surface area contributed by atoms with E-state index in [0.29, 0.717) is 0 Å². The van der Waals surface area contributed by atoms with Gasteiger partial charge in [0.1, 0.15) is 12.1 Å². The molecule has 0 saturated heterocycles. The summed E-state index contributed by atoms with van der Waals surface area (Å²) < 4.78 is 0. The van der Waals surface area contributed by atoms with Crippen molar-refractivity contribution < 1.29 is 24.3 Å². The van der Waals surface area contributed by atoms with Crippen molar-refractivity contribution in [1.29, 1.82) is 0 Å². The van der Waals surface area contributed by atoms with Crippen LogP contribution in [-0.4, -0.2) is 52.7 Å². The molecule has 0 rings (SSSR count). The predicted molar refractivity (Wildman–Crippen MR) is 86.6 cm³/mol. The van der Waals surface area contributed by atoms with Crippen molar-refractivity contribution in [3.05, 3.63) is 0 Å². The molecule has 132 valence electrons. The first-order valence-electron chi connectivity index (χ1n) is 7.08. The van der Waals surface area contributed by atoms with E-state index in [0.717, 1.165) is 0 Å². The van der Waals surface area contributed by atoms with Crippen LogP contribution in [0.3, 0.4) is 0 Å². The van der Waals surface area contributed by atoms with Gasteiger partial charge in [-0.3, -0.25) is 14.4 Å². The van der Waals surface area contributed by atoms with Crippen LogP contribution in [0.1, 0.15) is 26.7 Å². The molecule has 0 aromatic rings. The standard InChI is InChI=1S/C13H24N4O5S/c1-6(2)10(15)12(20)16-7(3-4-9(14)18)11(19)17-8(5-23)13(21)22/h6-8,10,23H,3-5,15H2,1-2H3,(H2,14,18)(H,16,20)(H,17,19)(H,21,22)/t7-,8-,10-/m0/s1. The number of carbonyl (C=O) groups is 4. The van der Waals surface area contributed by atoms with Crippen LogP contribution in [0.2, 0.25) is 0 Å². The smallest absolute Gasteiger partial charge is 0.327 e. The van der Waals surface area contributed by atoms with Gasteiger partial charge in [0.05, 0.1) is 6.04 Å². The second-order valence-electron chi connectivity index (χ2n) is 5.42. The average Bonchev–Trinajstić information content (AvgIpc) is 2.46. The van der Waals surface area contributed by atoms with Crippen molar-refractivity contribution in [3.8, 4) is 0 Å². The van der Waals surface area contributed by atoms with Crippen LogP contribution in [0.15, 0.2) is 0 Å². The molecule has 0 bridgehead atoms. The number of primary amides is 1. The Hall–Kier alpha value is -1.81. The highest BCUT2D eigenvalue weighted by atomic mass is 32.1. The van der Waals surface area contributed by atoms with Crippen molar-refractivity contribution in [2.45, 2.75) is 44.8 Å². The maximum atomic E-state index is 12.1. The third-order valence-corrected chi connectivity index (χ3v) is 3.50. The van der Waals surface area contributed by atoms with Gasteiger partial charge in [-0.15, -0.1) is 0 Å². The second-order valence-corrected chi connectivity index (χ2v) is 5.78. The maximum absolute atomic E-state index is 12.1. The van der Waals surface area contributed by atoms with E-state index in [-0.39, 0.29) is 24.5 Å². The summed E-state index contributed by atoms with van der Waals surface area (Å²) in [6.07, 6.45) is -0.204. The molecule has 0 fully saturated rings. The molecule has 0 spiro atoms. The number of hydrogen-bond donors (Lipinski definition) is 6. The number of thiol groups is 1. The molecule has 0 saturated carbocycles. The molecule has 9 nitrogen and oxygen atoms in total.